The first-order valence-electron chi connectivity index (χ1n) is 22.3. The Morgan fingerprint density at radius 3 is 1.28 bits per heavy atom. The highest BCUT2D eigenvalue weighted by atomic mass is 15.2. The predicted octanol–water partition coefficient (Wildman–Crippen LogP) is 17.4. The van der Waals surface area contributed by atoms with E-state index in [0.29, 0.717) is 0 Å². The molecule has 0 amide bonds. The minimum atomic E-state index is 1.06. The van der Waals surface area contributed by atoms with Crippen LogP contribution in [0.15, 0.2) is 261 Å². The maximum absolute atomic E-state index is 2.44. The summed E-state index contributed by atoms with van der Waals surface area (Å²) in [6, 6.07) is 94.5. The van der Waals surface area contributed by atoms with Gasteiger partial charge in [0.1, 0.15) is 0 Å². The van der Waals surface area contributed by atoms with Crippen LogP contribution in [0.5, 0.6) is 0 Å². The van der Waals surface area contributed by atoms with E-state index >= 15 is 0 Å². The third kappa shape index (κ3) is 6.78. The Bertz CT molecular complexity index is 3600. The zero-order valence-corrected chi connectivity index (χ0v) is 35.7. The highest BCUT2D eigenvalue weighted by Gasteiger charge is 2.24. The number of anilines is 6. The molecule has 0 unspecified atom stereocenters. The highest BCUT2D eigenvalue weighted by molar-refractivity contribution is 6.30. The van der Waals surface area contributed by atoms with Crippen LogP contribution >= 0.6 is 0 Å². The minimum absolute atomic E-state index is 1.06. The fourth-order valence-corrected chi connectivity index (χ4v) is 9.74. The molecule has 12 aromatic rings. The van der Waals surface area contributed by atoms with Crippen molar-refractivity contribution in [2.45, 2.75) is 0 Å². The van der Waals surface area contributed by atoms with E-state index in [1.165, 1.54) is 54.7 Å². The molecular weight excluding hydrogens is 787 g/mol. The van der Waals surface area contributed by atoms with Crippen LogP contribution in [0.4, 0.5) is 34.1 Å². The number of aromatic nitrogens is 1. The summed E-state index contributed by atoms with van der Waals surface area (Å²) in [5, 5.41) is 7.25. The van der Waals surface area contributed by atoms with Crippen LogP contribution in [0.2, 0.25) is 0 Å². The van der Waals surface area contributed by atoms with Gasteiger partial charge in [-0.25, -0.2) is 0 Å². The summed E-state index contributed by atoms with van der Waals surface area (Å²) in [6.45, 7) is 0. The van der Waals surface area contributed by atoms with Gasteiger partial charge in [-0.05, 0) is 123 Å². The molecule has 0 saturated carbocycles. The molecule has 0 bridgehead atoms. The van der Waals surface area contributed by atoms with Crippen molar-refractivity contribution in [1.82, 2.24) is 4.57 Å². The second kappa shape index (κ2) is 16.2. The Hall–Kier alpha value is -8.66. The van der Waals surface area contributed by atoms with Crippen molar-refractivity contribution in [2.75, 3.05) is 9.80 Å². The average molecular weight is 830 g/mol. The van der Waals surface area contributed by atoms with Gasteiger partial charge < -0.3 is 14.4 Å². The fourth-order valence-electron chi connectivity index (χ4n) is 9.74. The van der Waals surface area contributed by atoms with Gasteiger partial charge in [0, 0.05) is 50.3 Å². The van der Waals surface area contributed by atoms with E-state index in [4.69, 9.17) is 0 Å². The van der Waals surface area contributed by atoms with E-state index < -0.39 is 0 Å². The zero-order valence-electron chi connectivity index (χ0n) is 35.7. The molecule has 0 radical (unpaired) electrons. The summed E-state index contributed by atoms with van der Waals surface area (Å²) in [5.74, 6) is 0. The lowest BCUT2D eigenvalue weighted by Crippen LogP contribution is -2.14. The van der Waals surface area contributed by atoms with Crippen LogP contribution in [-0.2, 0) is 0 Å². The molecule has 3 heteroatoms. The summed E-state index contributed by atoms with van der Waals surface area (Å²) >= 11 is 0. The molecule has 0 N–H and O–H groups in total. The Morgan fingerprint density at radius 2 is 0.692 bits per heavy atom. The van der Waals surface area contributed by atoms with Crippen molar-refractivity contribution < 1.29 is 0 Å². The quantitative estimate of drug-likeness (QED) is 0.144. The topological polar surface area (TPSA) is 11.4 Å². The van der Waals surface area contributed by atoms with Gasteiger partial charge in [0.25, 0.3) is 0 Å². The van der Waals surface area contributed by atoms with Crippen LogP contribution in [0.1, 0.15) is 0 Å². The SMILES string of the molecule is c1ccc(-c2ccc(N(c3ccccc3)c3cc(N(c4ccccc4)c4ccc(-c5ccccc5)cc4)c4ccc5c(c4c3)c3c4ccccc4ccc3n5-c3ccccc3)cc2)cc1. The number of benzene rings is 11. The summed E-state index contributed by atoms with van der Waals surface area (Å²) in [7, 11) is 0. The van der Waals surface area contributed by atoms with E-state index in [1.807, 2.05) is 0 Å². The Morgan fingerprint density at radius 1 is 0.262 bits per heavy atom. The zero-order chi connectivity index (χ0) is 43.1. The van der Waals surface area contributed by atoms with Gasteiger partial charge in [-0.1, -0.05) is 176 Å². The summed E-state index contributed by atoms with van der Waals surface area (Å²) < 4.78 is 2.44. The number of nitrogens with zero attached hydrogens (tertiary/aromatic N) is 3. The van der Waals surface area contributed by atoms with Crippen molar-refractivity contribution in [3.05, 3.63) is 261 Å². The molecule has 0 atom stereocenters. The molecule has 0 spiro atoms. The second-order valence-electron chi connectivity index (χ2n) is 16.5. The van der Waals surface area contributed by atoms with Crippen molar-refractivity contribution in [3.63, 3.8) is 0 Å². The first-order chi connectivity index (χ1) is 32.3. The molecule has 65 heavy (non-hydrogen) atoms. The van der Waals surface area contributed by atoms with Crippen LogP contribution in [0, 0.1) is 0 Å². The molecule has 0 fully saturated rings. The van der Waals surface area contributed by atoms with Crippen molar-refractivity contribution in [1.29, 1.82) is 0 Å². The monoisotopic (exact) mass is 829 g/mol. The predicted molar refractivity (Wildman–Crippen MR) is 276 cm³/mol. The van der Waals surface area contributed by atoms with E-state index in [9.17, 15) is 0 Å². The second-order valence-corrected chi connectivity index (χ2v) is 16.5. The van der Waals surface area contributed by atoms with E-state index in [1.54, 1.807) is 0 Å². The maximum Gasteiger partial charge on any atom is 0.0561 e. The Labute approximate surface area is 378 Å². The van der Waals surface area contributed by atoms with Crippen LogP contribution in [-0.4, -0.2) is 4.57 Å². The standard InChI is InChI=1S/C62H43N3/c1-6-18-44(19-7-1)46-30-35-52(36-31-46)63(49-23-10-3-11-24-49)54-42-57-56(60(43-54)64(50-25-12-4-13-26-50)53-37-32-47(33-38-53)45-20-8-2-9-21-45)39-41-59-62(57)61-55-29-17-16-22-48(55)34-40-58(61)65(59)51-27-14-5-15-28-51/h1-43H. The Balaban J connectivity index is 1.19. The molecule has 12 rings (SSSR count). The highest BCUT2D eigenvalue weighted by Crippen LogP contribution is 2.49. The molecule has 1 heterocycles. The lowest BCUT2D eigenvalue weighted by Gasteiger charge is -2.31. The number of rotatable bonds is 9. The van der Waals surface area contributed by atoms with Gasteiger partial charge in [-0.15, -0.1) is 0 Å². The summed E-state index contributed by atoms with van der Waals surface area (Å²) in [4.78, 5) is 4.84. The third-order valence-corrected chi connectivity index (χ3v) is 12.7. The summed E-state index contributed by atoms with van der Waals surface area (Å²) in [5.41, 5.74) is 14.7. The van der Waals surface area contributed by atoms with E-state index in [0.717, 1.165) is 50.7 Å². The number of hydrogen-bond acceptors (Lipinski definition) is 2. The van der Waals surface area contributed by atoms with Gasteiger partial charge >= 0.3 is 0 Å². The molecule has 306 valence electrons. The molecule has 1 aromatic heterocycles. The number of hydrogen-bond donors (Lipinski definition) is 0. The number of para-hydroxylation sites is 3. The first kappa shape index (κ1) is 38.0. The maximum atomic E-state index is 2.44. The molecule has 0 saturated heterocycles. The lowest BCUT2D eigenvalue weighted by atomic mass is 9.97. The van der Waals surface area contributed by atoms with Gasteiger partial charge in [0.05, 0.1) is 16.7 Å². The normalized spacial score (nSPS) is 11.4. The fraction of sp³-hybridized carbons (Fsp3) is 0. The van der Waals surface area contributed by atoms with Crippen molar-refractivity contribution in [3.8, 4) is 27.9 Å². The molecule has 11 aromatic carbocycles. The number of fused-ring (bicyclic) bond motifs is 7. The van der Waals surface area contributed by atoms with Gasteiger partial charge in [-0.3, -0.25) is 0 Å². The van der Waals surface area contributed by atoms with Gasteiger partial charge in [0.15, 0.2) is 0 Å². The molecule has 0 aliphatic rings. The average Bonchev–Trinajstić information content (AvgIpc) is 3.74. The molecule has 0 aliphatic carbocycles. The van der Waals surface area contributed by atoms with Gasteiger partial charge in [0.2, 0.25) is 0 Å². The smallest absolute Gasteiger partial charge is 0.0561 e. The van der Waals surface area contributed by atoms with E-state index in [-0.39, 0.29) is 0 Å². The van der Waals surface area contributed by atoms with Crippen LogP contribution in [0.25, 0.3) is 71.3 Å². The first-order valence-corrected chi connectivity index (χ1v) is 22.3. The van der Waals surface area contributed by atoms with Crippen molar-refractivity contribution >= 4 is 77.5 Å². The van der Waals surface area contributed by atoms with Crippen LogP contribution in [0.3, 0.4) is 0 Å². The molecule has 0 aliphatic heterocycles. The van der Waals surface area contributed by atoms with Crippen LogP contribution < -0.4 is 9.80 Å². The third-order valence-electron chi connectivity index (χ3n) is 12.7. The van der Waals surface area contributed by atoms with Crippen molar-refractivity contribution in [2.24, 2.45) is 0 Å². The summed E-state index contributed by atoms with van der Waals surface area (Å²) in [6.07, 6.45) is 0. The van der Waals surface area contributed by atoms with E-state index in [2.05, 4.69) is 275 Å². The molecule has 3 nitrogen and oxygen atoms in total. The lowest BCUT2D eigenvalue weighted by molar-refractivity contribution is 1.18. The minimum Gasteiger partial charge on any atom is -0.310 e. The Kier molecular flexibility index (Phi) is 9.50. The van der Waals surface area contributed by atoms with Gasteiger partial charge in [-0.2, -0.15) is 0 Å². The molecular formula is C62H43N3. The largest absolute Gasteiger partial charge is 0.310 e.